The van der Waals surface area contributed by atoms with Crippen molar-refractivity contribution in [3.63, 3.8) is 0 Å². The van der Waals surface area contributed by atoms with E-state index in [4.69, 9.17) is 5.73 Å². The van der Waals surface area contributed by atoms with Crippen LogP contribution in [0.3, 0.4) is 0 Å². The molecule has 0 bridgehead atoms. The number of anilines is 1. The van der Waals surface area contributed by atoms with Crippen LogP contribution in [0, 0.1) is 5.92 Å². The number of nitrogens with zero attached hydrogens (tertiary/aromatic N) is 2. The summed E-state index contributed by atoms with van der Waals surface area (Å²) < 4.78 is 0. The van der Waals surface area contributed by atoms with E-state index in [1.165, 1.54) is 0 Å². The van der Waals surface area contributed by atoms with Crippen LogP contribution in [-0.4, -0.2) is 40.1 Å². The van der Waals surface area contributed by atoms with E-state index in [1.807, 2.05) is 6.92 Å². The Morgan fingerprint density at radius 3 is 3.00 bits per heavy atom. The lowest BCUT2D eigenvalue weighted by molar-refractivity contribution is 0.0245. The zero-order valence-electron chi connectivity index (χ0n) is 9.84. The molecule has 1 aromatic rings. The molecule has 1 aliphatic rings. The topological polar surface area (TPSA) is 79.5 Å². The number of aliphatic hydroxyl groups is 1. The Balaban J connectivity index is 2.10. The third-order valence-electron chi connectivity index (χ3n) is 3.20. The number of aliphatic hydroxyl groups excluding tert-OH is 1. The molecule has 0 aromatic carbocycles. The molecular weight excluding hydrogens is 218 g/mol. The second kappa shape index (κ2) is 4.71. The molecule has 92 valence electrons. The van der Waals surface area contributed by atoms with Crippen molar-refractivity contribution in [3.8, 4) is 0 Å². The number of carbonyl (C=O) groups excluding carboxylic acids is 1. The maximum absolute atomic E-state index is 12.1. The molecular formula is C12H17N3O2. The normalized spacial score (nSPS) is 24.7. The molecule has 3 N–H and O–H groups in total. The lowest BCUT2D eigenvalue weighted by Gasteiger charge is -2.34. The van der Waals surface area contributed by atoms with Crippen molar-refractivity contribution < 1.29 is 9.90 Å². The van der Waals surface area contributed by atoms with Crippen LogP contribution in [0.4, 0.5) is 5.82 Å². The summed E-state index contributed by atoms with van der Waals surface area (Å²) in [5.41, 5.74) is 5.88. The third kappa shape index (κ3) is 2.55. The van der Waals surface area contributed by atoms with Crippen LogP contribution >= 0.6 is 0 Å². The van der Waals surface area contributed by atoms with Gasteiger partial charge in [-0.15, -0.1) is 0 Å². The van der Waals surface area contributed by atoms with Gasteiger partial charge in [0.1, 0.15) is 11.5 Å². The summed E-state index contributed by atoms with van der Waals surface area (Å²) in [6, 6.07) is 4.99. The third-order valence-corrected chi connectivity index (χ3v) is 3.20. The van der Waals surface area contributed by atoms with Crippen LogP contribution in [0.25, 0.3) is 0 Å². The Hall–Kier alpha value is -1.62. The van der Waals surface area contributed by atoms with Crippen LogP contribution < -0.4 is 5.73 Å². The van der Waals surface area contributed by atoms with Crippen LogP contribution in [0.15, 0.2) is 18.2 Å². The van der Waals surface area contributed by atoms with Gasteiger partial charge in [0.25, 0.3) is 5.91 Å². The van der Waals surface area contributed by atoms with Gasteiger partial charge in [-0.3, -0.25) is 4.79 Å². The molecule has 2 unspecified atom stereocenters. The molecule has 0 saturated carbocycles. The number of likely N-dealkylation sites (tertiary alicyclic amines) is 1. The minimum atomic E-state index is -0.450. The fourth-order valence-corrected chi connectivity index (χ4v) is 1.97. The first-order valence-corrected chi connectivity index (χ1v) is 5.78. The standard InChI is InChI=1S/C12H17N3O2/c1-8-5-6-15(7-10(8)16)12(17)9-3-2-4-11(13)14-9/h2-4,8,10,16H,5-7H2,1H3,(H2,13,14). The maximum atomic E-state index is 12.1. The van der Waals surface area contributed by atoms with Gasteiger partial charge in [0, 0.05) is 13.1 Å². The highest BCUT2D eigenvalue weighted by atomic mass is 16.3. The van der Waals surface area contributed by atoms with Gasteiger partial charge in [0.05, 0.1) is 6.10 Å². The minimum absolute atomic E-state index is 0.164. The summed E-state index contributed by atoms with van der Waals surface area (Å²) in [5.74, 6) is 0.415. The van der Waals surface area contributed by atoms with Gasteiger partial charge in [-0.25, -0.2) is 4.98 Å². The summed E-state index contributed by atoms with van der Waals surface area (Å²) in [4.78, 5) is 17.7. The molecule has 17 heavy (non-hydrogen) atoms. The summed E-state index contributed by atoms with van der Waals surface area (Å²) in [7, 11) is 0. The van der Waals surface area contributed by atoms with E-state index in [0.29, 0.717) is 24.6 Å². The van der Waals surface area contributed by atoms with Gasteiger partial charge < -0.3 is 15.7 Å². The van der Waals surface area contributed by atoms with Crippen molar-refractivity contribution in [2.45, 2.75) is 19.4 Å². The van der Waals surface area contributed by atoms with Crippen LogP contribution in [0.2, 0.25) is 0 Å². The lowest BCUT2D eigenvalue weighted by atomic mass is 9.96. The predicted molar refractivity (Wildman–Crippen MR) is 64.3 cm³/mol. The minimum Gasteiger partial charge on any atom is -0.391 e. The number of nitrogens with two attached hydrogens (primary N) is 1. The molecule has 2 rings (SSSR count). The Kier molecular flexibility index (Phi) is 3.28. The first-order chi connectivity index (χ1) is 8.08. The fourth-order valence-electron chi connectivity index (χ4n) is 1.97. The molecule has 1 fully saturated rings. The van der Waals surface area contributed by atoms with Gasteiger partial charge >= 0.3 is 0 Å². The Morgan fingerprint density at radius 1 is 1.59 bits per heavy atom. The summed E-state index contributed by atoms with van der Waals surface area (Å²) in [6.45, 7) is 3.02. The van der Waals surface area contributed by atoms with Gasteiger partial charge in [-0.1, -0.05) is 13.0 Å². The molecule has 2 heterocycles. The van der Waals surface area contributed by atoms with Crippen molar-refractivity contribution in [2.75, 3.05) is 18.8 Å². The second-order valence-electron chi connectivity index (χ2n) is 4.53. The van der Waals surface area contributed by atoms with E-state index in [9.17, 15) is 9.90 Å². The molecule has 0 radical (unpaired) electrons. The smallest absolute Gasteiger partial charge is 0.272 e. The predicted octanol–water partition coefficient (Wildman–Crippen LogP) is 0.507. The van der Waals surface area contributed by atoms with E-state index >= 15 is 0 Å². The number of nitrogen functional groups attached to an aromatic ring is 1. The number of hydrogen-bond acceptors (Lipinski definition) is 4. The Bertz CT molecular complexity index is 422. The maximum Gasteiger partial charge on any atom is 0.272 e. The summed E-state index contributed by atoms with van der Waals surface area (Å²) in [6.07, 6.45) is 0.364. The van der Waals surface area contributed by atoms with Crippen molar-refractivity contribution in [1.82, 2.24) is 9.88 Å². The summed E-state index contributed by atoms with van der Waals surface area (Å²) in [5, 5.41) is 9.76. The first-order valence-electron chi connectivity index (χ1n) is 5.78. The van der Waals surface area contributed by atoms with E-state index in [-0.39, 0.29) is 11.8 Å². The largest absolute Gasteiger partial charge is 0.391 e. The SMILES string of the molecule is CC1CCN(C(=O)c2cccc(N)n2)CC1O. The summed E-state index contributed by atoms with van der Waals surface area (Å²) >= 11 is 0. The van der Waals surface area contributed by atoms with Gasteiger partial charge in [0.2, 0.25) is 0 Å². The Labute approximate surface area is 100 Å². The number of piperidine rings is 1. The van der Waals surface area contributed by atoms with Crippen molar-refractivity contribution in [1.29, 1.82) is 0 Å². The van der Waals surface area contributed by atoms with Crippen LogP contribution in [-0.2, 0) is 0 Å². The van der Waals surface area contributed by atoms with Crippen molar-refractivity contribution in [3.05, 3.63) is 23.9 Å². The molecule has 5 heteroatoms. The van der Waals surface area contributed by atoms with Crippen molar-refractivity contribution >= 4 is 11.7 Å². The highest BCUT2D eigenvalue weighted by Crippen LogP contribution is 2.18. The molecule has 0 spiro atoms. The molecule has 1 aliphatic heterocycles. The average molecular weight is 235 g/mol. The quantitative estimate of drug-likeness (QED) is 0.743. The zero-order chi connectivity index (χ0) is 12.4. The molecule has 2 atom stereocenters. The van der Waals surface area contributed by atoms with E-state index < -0.39 is 6.10 Å². The zero-order valence-corrected chi connectivity index (χ0v) is 9.84. The molecule has 5 nitrogen and oxygen atoms in total. The monoisotopic (exact) mass is 235 g/mol. The Morgan fingerprint density at radius 2 is 2.35 bits per heavy atom. The van der Waals surface area contributed by atoms with Gasteiger partial charge in [-0.2, -0.15) is 0 Å². The number of pyridine rings is 1. The van der Waals surface area contributed by atoms with Crippen LogP contribution in [0.1, 0.15) is 23.8 Å². The van der Waals surface area contributed by atoms with Crippen LogP contribution in [0.5, 0.6) is 0 Å². The molecule has 1 aromatic heterocycles. The first kappa shape index (κ1) is 11.9. The van der Waals surface area contributed by atoms with Crippen molar-refractivity contribution in [2.24, 2.45) is 5.92 Å². The van der Waals surface area contributed by atoms with E-state index in [2.05, 4.69) is 4.98 Å². The van der Waals surface area contributed by atoms with Gasteiger partial charge in [-0.05, 0) is 24.5 Å². The average Bonchev–Trinajstić information content (AvgIpc) is 2.32. The molecule has 1 amide bonds. The number of β-amino-alcohol motifs (C(OH)–C–C–N with tert-alkyl or cyclic N) is 1. The highest BCUT2D eigenvalue weighted by molar-refractivity contribution is 5.92. The number of rotatable bonds is 1. The molecule has 1 saturated heterocycles. The number of amides is 1. The lowest BCUT2D eigenvalue weighted by Crippen LogP contribution is -2.46. The number of aromatic nitrogens is 1. The number of hydrogen-bond donors (Lipinski definition) is 2. The highest BCUT2D eigenvalue weighted by Gasteiger charge is 2.28. The van der Waals surface area contributed by atoms with E-state index in [1.54, 1.807) is 23.1 Å². The molecule has 0 aliphatic carbocycles. The second-order valence-corrected chi connectivity index (χ2v) is 4.53. The number of carbonyl (C=O) groups is 1. The van der Waals surface area contributed by atoms with Gasteiger partial charge in [0.15, 0.2) is 0 Å². The van der Waals surface area contributed by atoms with E-state index in [0.717, 1.165) is 6.42 Å². The fraction of sp³-hybridized carbons (Fsp3) is 0.500.